The number of hydrogen-bond acceptors (Lipinski definition) is 5. The maximum absolute atomic E-state index is 11.0. The highest BCUT2D eigenvalue weighted by Gasteiger charge is 2.18. The zero-order valence-electron chi connectivity index (χ0n) is 13.0. The minimum atomic E-state index is -0.393. The highest BCUT2D eigenvalue weighted by molar-refractivity contribution is 5.52. The lowest BCUT2D eigenvalue weighted by Crippen LogP contribution is -2.45. The van der Waals surface area contributed by atoms with Crippen LogP contribution in [0, 0.1) is 17.0 Å². The first-order chi connectivity index (χ1) is 10.0. The lowest BCUT2D eigenvalue weighted by atomic mass is 10.0. The van der Waals surface area contributed by atoms with Gasteiger partial charge in [0.15, 0.2) is 5.75 Å². The van der Waals surface area contributed by atoms with Crippen molar-refractivity contribution in [2.75, 3.05) is 46.9 Å². The smallest absolute Gasteiger partial charge is 0.311 e. The van der Waals surface area contributed by atoms with Gasteiger partial charge in [-0.3, -0.25) is 10.1 Å². The van der Waals surface area contributed by atoms with Crippen molar-refractivity contribution in [3.05, 3.63) is 33.4 Å². The van der Waals surface area contributed by atoms with E-state index in [1.54, 1.807) is 6.07 Å². The van der Waals surface area contributed by atoms with E-state index in [-0.39, 0.29) is 5.69 Å². The third-order valence-electron chi connectivity index (χ3n) is 4.13. The van der Waals surface area contributed by atoms with Crippen molar-refractivity contribution in [2.24, 2.45) is 0 Å². The van der Waals surface area contributed by atoms with Crippen LogP contribution in [-0.2, 0) is 6.42 Å². The van der Waals surface area contributed by atoms with Gasteiger partial charge in [0.2, 0.25) is 0 Å². The van der Waals surface area contributed by atoms with Gasteiger partial charge in [0.05, 0.1) is 12.0 Å². The largest absolute Gasteiger partial charge is 0.490 e. The van der Waals surface area contributed by atoms with Gasteiger partial charge in [-0.05, 0) is 37.6 Å². The molecular weight excluding hydrogens is 270 g/mol. The quantitative estimate of drug-likeness (QED) is 0.611. The molecule has 1 aliphatic heterocycles. The fourth-order valence-corrected chi connectivity index (χ4v) is 2.64. The molecule has 6 nitrogen and oxygen atoms in total. The Morgan fingerprint density at radius 3 is 2.52 bits per heavy atom. The van der Waals surface area contributed by atoms with Crippen LogP contribution in [-0.4, -0.2) is 61.6 Å². The van der Waals surface area contributed by atoms with Gasteiger partial charge in [-0.15, -0.1) is 0 Å². The van der Waals surface area contributed by atoms with E-state index in [1.807, 2.05) is 13.0 Å². The minimum absolute atomic E-state index is 0.0401. The molecule has 116 valence electrons. The van der Waals surface area contributed by atoms with Crippen molar-refractivity contribution in [1.82, 2.24) is 9.80 Å². The molecule has 0 unspecified atom stereocenters. The van der Waals surface area contributed by atoms with Crippen LogP contribution in [0.2, 0.25) is 0 Å². The summed E-state index contributed by atoms with van der Waals surface area (Å²) in [5.74, 6) is 0.346. The van der Waals surface area contributed by atoms with Crippen LogP contribution >= 0.6 is 0 Å². The second-order valence-corrected chi connectivity index (χ2v) is 5.60. The van der Waals surface area contributed by atoms with Gasteiger partial charge < -0.3 is 14.5 Å². The van der Waals surface area contributed by atoms with Crippen LogP contribution < -0.4 is 4.74 Å². The number of hydrogen-bond donors (Lipinski definition) is 0. The summed E-state index contributed by atoms with van der Waals surface area (Å²) < 4.78 is 5.15. The average molecular weight is 293 g/mol. The zero-order chi connectivity index (χ0) is 15.4. The monoisotopic (exact) mass is 293 g/mol. The molecule has 0 spiro atoms. The number of piperazine rings is 1. The minimum Gasteiger partial charge on any atom is -0.490 e. The number of rotatable bonds is 5. The van der Waals surface area contributed by atoms with Crippen molar-refractivity contribution in [2.45, 2.75) is 13.3 Å². The summed E-state index contributed by atoms with van der Waals surface area (Å²) in [4.78, 5) is 15.4. The van der Waals surface area contributed by atoms with Crippen molar-refractivity contribution >= 4 is 5.69 Å². The van der Waals surface area contributed by atoms with E-state index in [9.17, 15) is 10.1 Å². The molecule has 0 aliphatic carbocycles. The second-order valence-electron chi connectivity index (χ2n) is 5.60. The van der Waals surface area contributed by atoms with E-state index in [0.717, 1.165) is 50.3 Å². The Hall–Kier alpha value is -1.66. The number of methoxy groups -OCH3 is 1. The topological polar surface area (TPSA) is 58.8 Å². The molecule has 1 fully saturated rings. The van der Waals surface area contributed by atoms with Gasteiger partial charge >= 0.3 is 5.69 Å². The van der Waals surface area contributed by atoms with E-state index < -0.39 is 4.92 Å². The molecule has 2 rings (SSSR count). The Morgan fingerprint density at radius 2 is 1.95 bits per heavy atom. The summed E-state index contributed by atoms with van der Waals surface area (Å²) in [7, 11) is 3.62. The molecule has 1 aliphatic rings. The van der Waals surface area contributed by atoms with Gasteiger partial charge in [0.25, 0.3) is 0 Å². The third kappa shape index (κ3) is 3.92. The Balaban J connectivity index is 2.04. The number of ether oxygens (including phenoxy) is 1. The molecule has 0 radical (unpaired) electrons. The molecule has 1 aromatic rings. The number of nitro benzene ring substituents is 1. The average Bonchev–Trinajstić information content (AvgIpc) is 2.47. The summed E-state index contributed by atoms with van der Waals surface area (Å²) in [6, 6.07) is 3.42. The molecule has 1 saturated heterocycles. The number of likely N-dealkylation sites (N-methyl/N-ethyl adjacent to an activating group) is 1. The summed E-state index contributed by atoms with van der Waals surface area (Å²) in [6.07, 6.45) is 0.893. The van der Waals surface area contributed by atoms with Crippen molar-refractivity contribution in [3.63, 3.8) is 0 Å². The van der Waals surface area contributed by atoms with Crippen LogP contribution in [0.3, 0.4) is 0 Å². The molecular formula is C15H23N3O3. The molecule has 0 amide bonds. The fourth-order valence-electron chi connectivity index (χ4n) is 2.64. The normalized spacial score (nSPS) is 16.9. The molecule has 0 atom stereocenters. The summed E-state index contributed by atoms with van der Waals surface area (Å²) in [5.41, 5.74) is 2.12. The Kier molecular flexibility index (Phi) is 5.14. The Bertz CT molecular complexity index is 511. The second kappa shape index (κ2) is 6.87. The molecule has 0 aromatic heterocycles. The lowest BCUT2D eigenvalue weighted by Gasteiger charge is -2.32. The summed E-state index contributed by atoms with van der Waals surface area (Å²) >= 11 is 0. The van der Waals surface area contributed by atoms with Crippen LogP contribution in [0.1, 0.15) is 11.1 Å². The van der Waals surface area contributed by atoms with Crippen molar-refractivity contribution < 1.29 is 9.66 Å². The van der Waals surface area contributed by atoms with Gasteiger partial charge in [0, 0.05) is 38.8 Å². The van der Waals surface area contributed by atoms with Gasteiger partial charge in [-0.2, -0.15) is 0 Å². The number of aryl methyl sites for hydroxylation is 1. The fraction of sp³-hybridized carbons (Fsp3) is 0.600. The molecule has 0 bridgehead atoms. The summed E-state index contributed by atoms with van der Waals surface area (Å²) in [5, 5.41) is 11.0. The lowest BCUT2D eigenvalue weighted by molar-refractivity contribution is -0.385. The molecule has 1 aromatic carbocycles. The maximum Gasteiger partial charge on any atom is 0.311 e. The van der Waals surface area contributed by atoms with Crippen molar-refractivity contribution in [3.8, 4) is 5.75 Å². The van der Waals surface area contributed by atoms with E-state index in [2.05, 4.69) is 16.8 Å². The summed E-state index contributed by atoms with van der Waals surface area (Å²) in [6.45, 7) is 7.27. The zero-order valence-corrected chi connectivity index (χ0v) is 13.0. The van der Waals surface area contributed by atoms with Gasteiger partial charge in [0.1, 0.15) is 0 Å². The van der Waals surface area contributed by atoms with Gasteiger partial charge in [-0.1, -0.05) is 0 Å². The first-order valence-corrected chi connectivity index (χ1v) is 7.24. The molecule has 1 heterocycles. The van der Waals surface area contributed by atoms with Crippen LogP contribution in [0.25, 0.3) is 0 Å². The molecule has 6 heteroatoms. The first kappa shape index (κ1) is 15.7. The van der Waals surface area contributed by atoms with Gasteiger partial charge in [-0.25, -0.2) is 0 Å². The Morgan fingerprint density at radius 1 is 1.29 bits per heavy atom. The predicted molar refractivity (Wildman–Crippen MR) is 82.0 cm³/mol. The maximum atomic E-state index is 11.0. The first-order valence-electron chi connectivity index (χ1n) is 7.24. The molecule has 0 N–H and O–H groups in total. The Labute approximate surface area is 125 Å². The van der Waals surface area contributed by atoms with E-state index in [1.165, 1.54) is 7.11 Å². The van der Waals surface area contributed by atoms with E-state index in [0.29, 0.717) is 5.75 Å². The van der Waals surface area contributed by atoms with Crippen LogP contribution in [0.5, 0.6) is 5.75 Å². The number of benzene rings is 1. The van der Waals surface area contributed by atoms with Crippen LogP contribution in [0.15, 0.2) is 12.1 Å². The standard InChI is InChI=1S/C15H23N3O3/c1-12-10-14(18(19)20)15(21-3)11-13(12)4-5-17-8-6-16(2)7-9-17/h10-11H,4-9H2,1-3H3. The predicted octanol–water partition coefficient (Wildman–Crippen LogP) is 1.70. The SMILES string of the molecule is COc1cc(CCN2CCN(C)CC2)c(C)cc1[N+](=O)[O-]. The van der Waals surface area contributed by atoms with Crippen molar-refractivity contribution in [1.29, 1.82) is 0 Å². The van der Waals surface area contributed by atoms with Crippen LogP contribution in [0.4, 0.5) is 5.69 Å². The van der Waals surface area contributed by atoms with E-state index in [4.69, 9.17) is 4.74 Å². The highest BCUT2D eigenvalue weighted by atomic mass is 16.6. The number of nitro groups is 1. The third-order valence-corrected chi connectivity index (χ3v) is 4.13. The highest BCUT2D eigenvalue weighted by Crippen LogP contribution is 2.30. The molecule has 0 saturated carbocycles. The molecule has 21 heavy (non-hydrogen) atoms. The number of nitrogens with zero attached hydrogens (tertiary/aromatic N) is 3. The van der Waals surface area contributed by atoms with E-state index >= 15 is 0 Å².